The fraction of sp³-hybridized carbons (Fsp3) is 0.385. The molecule has 0 spiro atoms. The first-order valence-corrected chi connectivity index (χ1v) is 6.68. The third-order valence-corrected chi connectivity index (χ3v) is 2.98. The van der Waals surface area contributed by atoms with Crippen LogP contribution in [0.15, 0.2) is 33.3 Å². The molecule has 0 aliphatic heterocycles. The lowest BCUT2D eigenvalue weighted by Gasteiger charge is -2.11. The summed E-state index contributed by atoms with van der Waals surface area (Å²) in [4.78, 5) is 4.19. The van der Waals surface area contributed by atoms with Crippen LogP contribution in [0.1, 0.15) is 31.1 Å². The van der Waals surface area contributed by atoms with Gasteiger partial charge in [-0.3, -0.25) is 0 Å². The number of halogens is 1. The number of hydrogen-bond acceptors (Lipinski definition) is 5. The monoisotopic (exact) mass is 325 g/mol. The molecule has 2 N–H and O–H groups in total. The lowest BCUT2D eigenvalue weighted by Crippen LogP contribution is -2.30. The Kier molecular flexibility index (Phi) is 4.34. The Bertz CT molecular complexity index is 532. The highest BCUT2D eigenvalue weighted by Gasteiger charge is 2.21. The number of ether oxygens (including phenoxy) is 1. The van der Waals surface area contributed by atoms with Crippen molar-refractivity contribution in [2.24, 2.45) is 5.73 Å². The second-order valence-electron chi connectivity index (χ2n) is 4.85. The predicted molar refractivity (Wildman–Crippen MR) is 74.1 cm³/mol. The Balaban J connectivity index is 1.86. The van der Waals surface area contributed by atoms with Gasteiger partial charge in [-0.2, -0.15) is 4.98 Å². The Hall–Kier alpha value is -1.24. The molecule has 0 unspecified atom stereocenters. The van der Waals surface area contributed by atoms with Gasteiger partial charge in [0.05, 0.1) is 12.1 Å². The molecule has 0 bridgehead atoms. The van der Waals surface area contributed by atoms with E-state index in [2.05, 4.69) is 26.1 Å². The van der Waals surface area contributed by atoms with Crippen molar-refractivity contribution in [2.75, 3.05) is 0 Å². The lowest BCUT2D eigenvalue weighted by atomic mass is 10.1. The van der Waals surface area contributed by atoms with E-state index in [4.69, 9.17) is 15.0 Å². The molecule has 0 aliphatic rings. The Morgan fingerprint density at radius 3 is 2.53 bits per heavy atom. The van der Waals surface area contributed by atoms with Crippen LogP contribution >= 0.6 is 15.9 Å². The molecular formula is C13H16BrN3O2. The van der Waals surface area contributed by atoms with Gasteiger partial charge in [-0.05, 0) is 31.5 Å². The minimum Gasteiger partial charge on any atom is -0.367 e. The van der Waals surface area contributed by atoms with Crippen LogP contribution in [0.2, 0.25) is 0 Å². The number of aromatic nitrogens is 2. The zero-order chi connectivity index (χ0) is 13.9. The summed E-state index contributed by atoms with van der Waals surface area (Å²) < 4.78 is 11.6. The smallest absolute Gasteiger partial charge is 0.252 e. The molecule has 6 heteroatoms. The summed E-state index contributed by atoms with van der Waals surface area (Å²) in [5.41, 5.74) is 6.36. The first-order valence-electron chi connectivity index (χ1n) is 5.89. The molecule has 102 valence electrons. The van der Waals surface area contributed by atoms with Crippen LogP contribution in [0, 0.1) is 0 Å². The van der Waals surface area contributed by atoms with Crippen molar-refractivity contribution in [2.45, 2.75) is 32.6 Å². The molecular weight excluding hydrogens is 310 g/mol. The van der Waals surface area contributed by atoms with E-state index in [1.54, 1.807) is 0 Å². The van der Waals surface area contributed by atoms with Gasteiger partial charge in [0.2, 0.25) is 0 Å². The summed E-state index contributed by atoms with van der Waals surface area (Å²) in [6, 6.07) is 7.93. The molecule has 5 nitrogen and oxygen atoms in total. The highest BCUT2D eigenvalue weighted by Crippen LogP contribution is 2.14. The lowest BCUT2D eigenvalue weighted by molar-refractivity contribution is 0.0850. The second-order valence-corrected chi connectivity index (χ2v) is 5.77. The molecule has 0 fully saturated rings. The average molecular weight is 326 g/mol. The topological polar surface area (TPSA) is 74.2 Å². The predicted octanol–water partition coefficient (Wildman–Crippen LogP) is 2.74. The van der Waals surface area contributed by atoms with E-state index in [0.717, 1.165) is 10.0 Å². The number of nitrogens with two attached hydrogens (primary N) is 1. The quantitative estimate of drug-likeness (QED) is 0.914. The van der Waals surface area contributed by atoms with Gasteiger partial charge in [0, 0.05) is 4.47 Å². The molecule has 1 aromatic heterocycles. The molecule has 19 heavy (non-hydrogen) atoms. The minimum atomic E-state index is -0.604. The van der Waals surface area contributed by atoms with Crippen molar-refractivity contribution in [3.05, 3.63) is 46.0 Å². The van der Waals surface area contributed by atoms with Gasteiger partial charge in [0.25, 0.3) is 5.89 Å². The van der Waals surface area contributed by atoms with Crippen molar-refractivity contribution >= 4 is 15.9 Å². The summed E-state index contributed by atoms with van der Waals surface area (Å²) in [5.74, 6) is 0.917. The average Bonchev–Trinajstić information content (AvgIpc) is 2.80. The van der Waals surface area contributed by atoms with E-state index < -0.39 is 5.54 Å². The van der Waals surface area contributed by atoms with Crippen LogP contribution in [0.3, 0.4) is 0 Å². The summed E-state index contributed by atoms with van der Waals surface area (Å²) in [6.07, 6.45) is 0. The summed E-state index contributed by atoms with van der Waals surface area (Å²) in [5, 5.41) is 3.83. The van der Waals surface area contributed by atoms with Crippen molar-refractivity contribution in [3.8, 4) is 0 Å². The maximum Gasteiger partial charge on any atom is 0.252 e. The number of benzene rings is 1. The number of rotatable bonds is 5. The number of nitrogens with zero attached hydrogens (tertiary/aromatic N) is 2. The van der Waals surface area contributed by atoms with Crippen LogP contribution in [-0.4, -0.2) is 10.1 Å². The van der Waals surface area contributed by atoms with Crippen LogP contribution in [0.4, 0.5) is 0 Å². The van der Waals surface area contributed by atoms with Crippen LogP contribution in [-0.2, 0) is 23.5 Å². The highest BCUT2D eigenvalue weighted by molar-refractivity contribution is 9.10. The van der Waals surface area contributed by atoms with Gasteiger partial charge < -0.3 is 15.0 Å². The maximum absolute atomic E-state index is 5.87. The van der Waals surface area contributed by atoms with Gasteiger partial charge in [-0.1, -0.05) is 33.2 Å². The molecule has 1 aromatic carbocycles. The normalized spacial score (nSPS) is 11.8. The van der Waals surface area contributed by atoms with Gasteiger partial charge in [-0.15, -0.1) is 0 Å². The van der Waals surface area contributed by atoms with Gasteiger partial charge in [0.1, 0.15) is 6.61 Å². The number of hydrogen-bond donors (Lipinski definition) is 1. The summed E-state index contributed by atoms with van der Waals surface area (Å²) >= 11 is 3.39. The van der Waals surface area contributed by atoms with E-state index >= 15 is 0 Å². The van der Waals surface area contributed by atoms with Gasteiger partial charge in [0.15, 0.2) is 5.82 Å². The minimum absolute atomic E-state index is 0.277. The zero-order valence-electron chi connectivity index (χ0n) is 10.9. The van der Waals surface area contributed by atoms with E-state index in [-0.39, 0.29) is 6.61 Å². The first-order chi connectivity index (χ1) is 8.95. The molecule has 1 heterocycles. The van der Waals surface area contributed by atoms with Crippen molar-refractivity contribution in [1.29, 1.82) is 0 Å². The Morgan fingerprint density at radius 2 is 1.95 bits per heavy atom. The van der Waals surface area contributed by atoms with Crippen molar-refractivity contribution < 1.29 is 9.26 Å². The van der Waals surface area contributed by atoms with E-state index in [1.807, 2.05) is 38.1 Å². The third-order valence-electron chi connectivity index (χ3n) is 2.45. The van der Waals surface area contributed by atoms with E-state index in [9.17, 15) is 0 Å². The van der Waals surface area contributed by atoms with Crippen molar-refractivity contribution in [3.63, 3.8) is 0 Å². The maximum atomic E-state index is 5.87. The Labute approximate surface area is 120 Å². The largest absolute Gasteiger partial charge is 0.367 e. The zero-order valence-corrected chi connectivity index (χ0v) is 12.5. The van der Waals surface area contributed by atoms with Gasteiger partial charge >= 0.3 is 0 Å². The van der Waals surface area contributed by atoms with Crippen molar-refractivity contribution in [1.82, 2.24) is 10.1 Å². The molecule has 2 aromatic rings. The van der Waals surface area contributed by atoms with Crippen LogP contribution in [0.25, 0.3) is 0 Å². The second kappa shape index (κ2) is 5.81. The van der Waals surface area contributed by atoms with Crippen LogP contribution < -0.4 is 5.73 Å². The van der Waals surface area contributed by atoms with Crippen LogP contribution in [0.5, 0.6) is 0 Å². The van der Waals surface area contributed by atoms with E-state index in [0.29, 0.717) is 18.3 Å². The molecule has 2 rings (SSSR count). The SMILES string of the molecule is CC(C)(N)c1noc(COCc2ccc(Br)cc2)n1. The summed E-state index contributed by atoms with van der Waals surface area (Å²) in [6.45, 7) is 4.42. The first kappa shape index (κ1) is 14.2. The highest BCUT2D eigenvalue weighted by atomic mass is 79.9. The molecule has 0 saturated carbocycles. The Morgan fingerprint density at radius 1 is 1.26 bits per heavy atom. The fourth-order valence-electron chi connectivity index (χ4n) is 1.41. The molecule has 0 saturated heterocycles. The molecule has 0 atom stereocenters. The summed E-state index contributed by atoms with van der Waals surface area (Å²) in [7, 11) is 0. The standard InChI is InChI=1S/C13H16BrN3O2/c1-13(2,15)12-16-11(19-17-12)8-18-7-9-3-5-10(14)6-4-9/h3-6H,7-8,15H2,1-2H3. The molecule has 0 radical (unpaired) electrons. The molecule has 0 amide bonds. The molecule has 0 aliphatic carbocycles. The fourth-order valence-corrected chi connectivity index (χ4v) is 1.68. The van der Waals surface area contributed by atoms with E-state index in [1.165, 1.54) is 0 Å². The third kappa shape index (κ3) is 4.12. The van der Waals surface area contributed by atoms with Gasteiger partial charge in [-0.25, -0.2) is 0 Å².